The van der Waals surface area contributed by atoms with Crippen molar-refractivity contribution in [2.24, 2.45) is 11.8 Å². The van der Waals surface area contributed by atoms with E-state index in [1.165, 1.54) is 49.1 Å². The van der Waals surface area contributed by atoms with E-state index in [-0.39, 0.29) is 0 Å². The molecular weight excluding hydrogens is 250 g/mol. The van der Waals surface area contributed by atoms with Crippen LogP contribution < -0.4 is 5.32 Å². The highest BCUT2D eigenvalue weighted by molar-refractivity contribution is 7.16. The number of aryl methyl sites for hydroxylation is 1. The zero-order valence-corrected chi connectivity index (χ0v) is 11.9. The molecule has 0 amide bonds. The smallest absolute Gasteiger partial charge is 0.0934 e. The molecule has 0 aliphatic heterocycles. The summed E-state index contributed by atoms with van der Waals surface area (Å²) in [4.78, 5) is 1.51. The molecule has 0 radical (unpaired) electrons. The van der Waals surface area contributed by atoms with Gasteiger partial charge in [0.2, 0.25) is 0 Å². The lowest BCUT2D eigenvalue weighted by molar-refractivity contribution is 0.426. The predicted molar refractivity (Wildman–Crippen MR) is 74.9 cm³/mol. The van der Waals surface area contributed by atoms with Gasteiger partial charge in [-0.15, -0.1) is 11.3 Å². The summed E-state index contributed by atoms with van der Waals surface area (Å²) in [5, 5.41) is 3.76. The first-order chi connectivity index (χ1) is 8.22. The van der Waals surface area contributed by atoms with Crippen molar-refractivity contribution in [3.05, 3.63) is 20.8 Å². The third-order valence-corrected chi connectivity index (χ3v) is 5.64. The average Bonchev–Trinajstić information content (AvgIpc) is 2.92. The minimum absolute atomic E-state index is 0.574. The lowest BCUT2D eigenvalue weighted by Gasteiger charge is -2.16. The molecule has 3 heteroatoms. The summed E-state index contributed by atoms with van der Waals surface area (Å²) in [6.07, 6.45) is 6.73. The summed E-state index contributed by atoms with van der Waals surface area (Å²) in [5.74, 6) is 1.85. The Bertz CT molecular complexity index is 401. The number of hydrogen-bond donors (Lipinski definition) is 1. The number of hydrogen-bond acceptors (Lipinski definition) is 2. The van der Waals surface area contributed by atoms with Gasteiger partial charge in [0.15, 0.2) is 0 Å². The van der Waals surface area contributed by atoms with E-state index in [1.807, 2.05) is 0 Å². The molecule has 2 aliphatic carbocycles. The van der Waals surface area contributed by atoms with Gasteiger partial charge in [0.05, 0.1) is 4.34 Å². The molecule has 1 aromatic rings. The maximum atomic E-state index is 6.08. The maximum Gasteiger partial charge on any atom is 0.0934 e. The second-order valence-corrected chi connectivity index (χ2v) is 7.48. The van der Waals surface area contributed by atoms with Gasteiger partial charge in [0, 0.05) is 10.9 Å². The molecule has 0 saturated heterocycles. The quantitative estimate of drug-likeness (QED) is 0.857. The highest BCUT2D eigenvalue weighted by Gasteiger charge is 2.27. The average molecular weight is 270 g/mol. The fourth-order valence-electron chi connectivity index (χ4n) is 3.36. The standard InChI is InChI=1S/C14H20ClNS/c1-9-2-3-10(6-9)8-16-12-4-5-13-11(12)7-14(15)17-13/h7,9-10,12,16H,2-6,8H2,1H3. The number of halogens is 1. The summed E-state index contributed by atoms with van der Waals surface area (Å²) < 4.78 is 0.955. The second kappa shape index (κ2) is 4.91. The van der Waals surface area contributed by atoms with E-state index in [9.17, 15) is 0 Å². The van der Waals surface area contributed by atoms with Crippen molar-refractivity contribution in [2.75, 3.05) is 6.54 Å². The van der Waals surface area contributed by atoms with Crippen LogP contribution in [0.1, 0.15) is 49.1 Å². The van der Waals surface area contributed by atoms with Crippen LogP contribution in [0.4, 0.5) is 0 Å². The Morgan fingerprint density at radius 3 is 3.06 bits per heavy atom. The Morgan fingerprint density at radius 1 is 1.41 bits per heavy atom. The minimum atomic E-state index is 0.574. The van der Waals surface area contributed by atoms with Gasteiger partial charge in [-0.2, -0.15) is 0 Å². The molecule has 3 unspecified atom stereocenters. The zero-order chi connectivity index (χ0) is 11.8. The van der Waals surface area contributed by atoms with Crippen molar-refractivity contribution < 1.29 is 0 Å². The number of rotatable bonds is 3. The molecule has 1 N–H and O–H groups in total. The van der Waals surface area contributed by atoms with Gasteiger partial charge in [-0.3, -0.25) is 0 Å². The molecule has 1 saturated carbocycles. The lowest BCUT2D eigenvalue weighted by atomic mass is 10.1. The highest BCUT2D eigenvalue weighted by Crippen LogP contribution is 2.39. The Morgan fingerprint density at radius 2 is 2.29 bits per heavy atom. The molecule has 94 valence electrons. The molecular formula is C14H20ClNS. The lowest BCUT2D eigenvalue weighted by Crippen LogP contribution is -2.25. The fourth-order valence-corrected chi connectivity index (χ4v) is 4.72. The van der Waals surface area contributed by atoms with Crippen LogP contribution in [0.3, 0.4) is 0 Å². The Balaban J connectivity index is 1.56. The second-order valence-electron chi connectivity index (χ2n) is 5.71. The van der Waals surface area contributed by atoms with Crippen LogP contribution in [0.15, 0.2) is 6.07 Å². The summed E-state index contributed by atoms with van der Waals surface area (Å²) in [7, 11) is 0. The topological polar surface area (TPSA) is 12.0 Å². The molecule has 3 rings (SSSR count). The van der Waals surface area contributed by atoms with Crippen LogP contribution in [0.2, 0.25) is 4.34 Å². The van der Waals surface area contributed by atoms with Gasteiger partial charge in [-0.05, 0) is 55.7 Å². The van der Waals surface area contributed by atoms with E-state index in [2.05, 4.69) is 18.3 Å². The molecule has 0 aromatic carbocycles. The van der Waals surface area contributed by atoms with Crippen molar-refractivity contribution in [3.8, 4) is 0 Å². The summed E-state index contributed by atoms with van der Waals surface area (Å²) in [6.45, 7) is 3.58. The normalized spacial score (nSPS) is 32.0. The summed E-state index contributed by atoms with van der Waals surface area (Å²) in [6, 6.07) is 2.74. The zero-order valence-electron chi connectivity index (χ0n) is 10.3. The van der Waals surface area contributed by atoms with Crippen molar-refractivity contribution in [1.82, 2.24) is 5.32 Å². The third kappa shape index (κ3) is 2.54. The van der Waals surface area contributed by atoms with Crippen LogP contribution in [0.25, 0.3) is 0 Å². The first-order valence-electron chi connectivity index (χ1n) is 6.74. The first kappa shape index (κ1) is 12.0. The molecule has 1 heterocycles. The van der Waals surface area contributed by atoms with Gasteiger partial charge < -0.3 is 5.32 Å². The largest absolute Gasteiger partial charge is 0.310 e. The van der Waals surface area contributed by atoms with Crippen LogP contribution in [-0.2, 0) is 6.42 Å². The van der Waals surface area contributed by atoms with Gasteiger partial charge >= 0.3 is 0 Å². The first-order valence-corrected chi connectivity index (χ1v) is 7.93. The predicted octanol–water partition coefficient (Wildman–Crippen LogP) is 4.41. The van der Waals surface area contributed by atoms with Crippen LogP contribution in [0.5, 0.6) is 0 Å². The molecule has 1 fully saturated rings. The number of fused-ring (bicyclic) bond motifs is 1. The minimum Gasteiger partial charge on any atom is -0.310 e. The van der Waals surface area contributed by atoms with E-state index in [1.54, 1.807) is 11.3 Å². The highest BCUT2D eigenvalue weighted by atomic mass is 35.5. The van der Waals surface area contributed by atoms with Crippen molar-refractivity contribution in [3.63, 3.8) is 0 Å². The van der Waals surface area contributed by atoms with Gasteiger partial charge in [-0.1, -0.05) is 24.9 Å². The van der Waals surface area contributed by atoms with E-state index >= 15 is 0 Å². The van der Waals surface area contributed by atoms with Crippen LogP contribution >= 0.6 is 22.9 Å². The Labute approximate surface area is 113 Å². The van der Waals surface area contributed by atoms with E-state index in [0.29, 0.717) is 6.04 Å². The molecule has 3 atom stereocenters. The third-order valence-electron chi connectivity index (χ3n) is 4.30. The summed E-state index contributed by atoms with van der Waals surface area (Å²) >= 11 is 7.85. The molecule has 1 aromatic heterocycles. The van der Waals surface area contributed by atoms with Crippen molar-refractivity contribution in [2.45, 2.75) is 45.1 Å². The Kier molecular flexibility index (Phi) is 3.47. The van der Waals surface area contributed by atoms with Gasteiger partial charge in [0.1, 0.15) is 0 Å². The maximum absolute atomic E-state index is 6.08. The van der Waals surface area contributed by atoms with Gasteiger partial charge in [-0.25, -0.2) is 0 Å². The van der Waals surface area contributed by atoms with Crippen LogP contribution in [0, 0.1) is 11.8 Å². The summed E-state index contributed by atoms with van der Waals surface area (Å²) in [5.41, 5.74) is 1.48. The molecule has 0 spiro atoms. The number of thiophene rings is 1. The van der Waals surface area contributed by atoms with Crippen molar-refractivity contribution in [1.29, 1.82) is 0 Å². The number of nitrogens with one attached hydrogen (secondary N) is 1. The van der Waals surface area contributed by atoms with E-state index in [0.717, 1.165) is 16.2 Å². The monoisotopic (exact) mass is 269 g/mol. The van der Waals surface area contributed by atoms with Crippen molar-refractivity contribution >= 4 is 22.9 Å². The molecule has 17 heavy (non-hydrogen) atoms. The molecule has 2 aliphatic rings. The Hall–Kier alpha value is -0.0500. The molecule has 1 nitrogen and oxygen atoms in total. The van der Waals surface area contributed by atoms with Crippen LogP contribution in [-0.4, -0.2) is 6.54 Å². The fraction of sp³-hybridized carbons (Fsp3) is 0.714. The van der Waals surface area contributed by atoms with E-state index in [4.69, 9.17) is 11.6 Å². The SMILES string of the molecule is CC1CCC(CNC2CCc3sc(Cl)cc32)C1. The van der Waals surface area contributed by atoms with Gasteiger partial charge in [0.25, 0.3) is 0 Å². The molecule has 0 bridgehead atoms. The van der Waals surface area contributed by atoms with E-state index < -0.39 is 0 Å².